The van der Waals surface area contributed by atoms with Crippen molar-refractivity contribution in [1.82, 2.24) is 19.7 Å². The van der Waals surface area contributed by atoms with Gasteiger partial charge in [0, 0.05) is 43.3 Å². The van der Waals surface area contributed by atoms with Crippen molar-refractivity contribution in [2.24, 2.45) is 7.05 Å². The zero-order chi connectivity index (χ0) is 15.4. The number of rotatable bonds is 6. The Morgan fingerprint density at radius 2 is 2.05 bits per heavy atom. The first-order valence-electron chi connectivity index (χ1n) is 7.72. The highest BCUT2D eigenvalue weighted by Crippen LogP contribution is 2.23. The standard InChI is InChI=1S/C17H26N4/c1-6-16-15(17(7-2)21(5)19-16)12-20(4)13(3)14-9-8-10-18-11-14/h8-11,13H,6-7,12H2,1-5H3. The average Bonchev–Trinajstić information content (AvgIpc) is 2.82. The van der Waals surface area contributed by atoms with Crippen LogP contribution in [0.25, 0.3) is 0 Å². The Labute approximate surface area is 127 Å². The van der Waals surface area contributed by atoms with Crippen LogP contribution < -0.4 is 0 Å². The summed E-state index contributed by atoms with van der Waals surface area (Å²) in [6.07, 6.45) is 5.78. The number of aryl methyl sites for hydroxylation is 2. The lowest BCUT2D eigenvalue weighted by atomic mass is 10.1. The number of hydrogen-bond acceptors (Lipinski definition) is 3. The van der Waals surface area contributed by atoms with Gasteiger partial charge in [-0.05, 0) is 38.4 Å². The summed E-state index contributed by atoms with van der Waals surface area (Å²) in [5, 5.41) is 4.66. The summed E-state index contributed by atoms with van der Waals surface area (Å²) >= 11 is 0. The third-order valence-corrected chi connectivity index (χ3v) is 4.26. The van der Waals surface area contributed by atoms with E-state index in [4.69, 9.17) is 0 Å². The number of hydrogen-bond donors (Lipinski definition) is 0. The molecule has 0 aromatic carbocycles. The predicted octanol–water partition coefficient (Wildman–Crippen LogP) is 3.13. The molecule has 2 aromatic heterocycles. The minimum absolute atomic E-state index is 0.341. The second-order valence-electron chi connectivity index (χ2n) is 5.58. The van der Waals surface area contributed by atoms with Crippen LogP contribution in [0.4, 0.5) is 0 Å². The van der Waals surface area contributed by atoms with Gasteiger partial charge in [0.15, 0.2) is 0 Å². The van der Waals surface area contributed by atoms with E-state index < -0.39 is 0 Å². The van der Waals surface area contributed by atoms with Gasteiger partial charge in [-0.15, -0.1) is 0 Å². The second kappa shape index (κ2) is 6.85. The van der Waals surface area contributed by atoms with E-state index in [1.165, 1.54) is 22.5 Å². The van der Waals surface area contributed by atoms with E-state index in [0.717, 1.165) is 19.4 Å². The molecule has 114 valence electrons. The average molecular weight is 286 g/mol. The third-order valence-electron chi connectivity index (χ3n) is 4.26. The quantitative estimate of drug-likeness (QED) is 0.818. The molecule has 21 heavy (non-hydrogen) atoms. The predicted molar refractivity (Wildman–Crippen MR) is 86.1 cm³/mol. The van der Waals surface area contributed by atoms with Crippen LogP contribution >= 0.6 is 0 Å². The zero-order valence-corrected chi connectivity index (χ0v) is 13.8. The first-order chi connectivity index (χ1) is 10.1. The lowest BCUT2D eigenvalue weighted by Crippen LogP contribution is -2.23. The van der Waals surface area contributed by atoms with Crippen molar-refractivity contribution in [2.45, 2.75) is 46.2 Å². The minimum Gasteiger partial charge on any atom is -0.295 e. The maximum Gasteiger partial charge on any atom is 0.0669 e. The molecule has 0 aliphatic heterocycles. The molecule has 2 heterocycles. The molecule has 4 heteroatoms. The summed E-state index contributed by atoms with van der Waals surface area (Å²) in [6, 6.07) is 4.48. The van der Waals surface area contributed by atoms with Gasteiger partial charge < -0.3 is 0 Å². The molecule has 2 rings (SSSR count). The van der Waals surface area contributed by atoms with Gasteiger partial charge in [0.25, 0.3) is 0 Å². The van der Waals surface area contributed by atoms with Gasteiger partial charge in [0.05, 0.1) is 5.69 Å². The first kappa shape index (κ1) is 15.7. The van der Waals surface area contributed by atoms with Crippen LogP contribution in [0.15, 0.2) is 24.5 Å². The molecule has 0 saturated carbocycles. The molecule has 0 N–H and O–H groups in total. The van der Waals surface area contributed by atoms with Gasteiger partial charge in [-0.2, -0.15) is 5.10 Å². The first-order valence-corrected chi connectivity index (χ1v) is 7.72. The van der Waals surface area contributed by atoms with Crippen molar-refractivity contribution in [1.29, 1.82) is 0 Å². The van der Waals surface area contributed by atoms with Gasteiger partial charge in [-0.1, -0.05) is 19.9 Å². The molecule has 0 spiro atoms. The molecular formula is C17H26N4. The van der Waals surface area contributed by atoms with Crippen LogP contribution in [0.1, 0.15) is 49.3 Å². The fourth-order valence-corrected chi connectivity index (χ4v) is 2.84. The van der Waals surface area contributed by atoms with Crippen LogP contribution in [0, 0.1) is 0 Å². The summed E-state index contributed by atoms with van der Waals surface area (Å²) in [5.74, 6) is 0. The van der Waals surface area contributed by atoms with E-state index in [2.05, 4.69) is 48.9 Å². The molecule has 0 saturated heterocycles. The third kappa shape index (κ3) is 3.32. The molecule has 2 aromatic rings. The molecule has 0 bridgehead atoms. The number of nitrogens with zero attached hydrogens (tertiary/aromatic N) is 4. The fourth-order valence-electron chi connectivity index (χ4n) is 2.84. The molecule has 0 aliphatic carbocycles. The van der Waals surface area contributed by atoms with Gasteiger partial charge in [-0.25, -0.2) is 0 Å². The Kier molecular flexibility index (Phi) is 5.12. The molecule has 0 fully saturated rings. The lowest BCUT2D eigenvalue weighted by molar-refractivity contribution is 0.251. The zero-order valence-electron chi connectivity index (χ0n) is 13.8. The van der Waals surface area contributed by atoms with Crippen LogP contribution in [-0.2, 0) is 26.4 Å². The van der Waals surface area contributed by atoms with Crippen LogP contribution in [0.3, 0.4) is 0 Å². The van der Waals surface area contributed by atoms with E-state index in [-0.39, 0.29) is 0 Å². The topological polar surface area (TPSA) is 34.0 Å². The van der Waals surface area contributed by atoms with Crippen molar-refractivity contribution in [3.63, 3.8) is 0 Å². The Morgan fingerprint density at radius 3 is 2.62 bits per heavy atom. The van der Waals surface area contributed by atoms with E-state index in [9.17, 15) is 0 Å². The highest BCUT2D eigenvalue weighted by molar-refractivity contribution is 5.27. The smallest absolute Gasteiger partial charge is 0.0669 e. The van der Waals surface area contributed by atoms with Crippen LogP contribution in [0.5, 0.6) is 0 Å². The van der Waals surface area contributed by atoms with Crippen molar-refractivity contribution >= 4 is 0 Å². The monoisotopic (exact) mass is 286 g/mol. The number of pyridine rings is 1. The largest absolute Gasteiger partial charge is 0.295 e. The number of aromatic nitrogens is 3. The van der Waals surface area contributed by atoms with Gasteiger partial charge in [0.1, 0.15) is 0 Å². The van der Waals surface area contributed by atoms with Gasteiger partial charge in [-0.3, -0.25) is 14.6 Å². The van der Waals surface area contributed by atoms with Gasteiger partial charge in [0.2, 0.25) is 0 Å². The van der Waals surface area contributed by atoms with Crippen molar-refractivity contribution < 1.29 is 0 Å². The second-order valence-corrected chi connectivity index (χ2v) is 5.58. The molecule has 0 aliphatic rings. The summed E-state index contributed by atoms with van der Waals surface area (Å²) in [7, 11) is 4.22. The van der Waals surface area contributed by atoms with E-state index in [1.807, 2.05) is 30.2 Å². The van der Waals surface area contributed by atoms with Crippen molar-refractivity contribution in [3.8, 4) is 0 Å². The molecular weight excluding hydrogens is 260 g/mol. The maximum absolute atomic E-state index is 4.66. The maximum atomic E-state index is 4.66. The molecule has 1 unspecified atom stereocenters. The van der Waals surface area contributed by atoms with Crippen LogP contribution in [0.2, 0.25) is 0 Å². The highest BCUT2D eigenvalue weighted by Gasteiger charge is 2.18. The van der Waals surface area contributed by atoms with Crippen molar-refractivity contribution in [3.05, 3.63) is 47.0 Å². The normalized spacial score (nSPS) is 12.9. The summed E-state index contributed by atoms with van der Waals surface area (Å²) in [6.45, 7) is 7.53. The Hall–Kier alpha value is -1.68. The Morgan fingerprint density at radius 1 is 1.29 bits per heavy atom. The van der Waals surface area contributed by atoms with Crippen LogP contribution in [-0.4, -0.2) is 26.7 Å². The minimum atomic E-state index is 0.341. The fraction of sp³-hybridized carbons (Fsp3) is 0.529. The van der Waals surface area contributed by atoms with Crippen molar-refractivity contribution in [2.75, 3.05) is 7.05 Å². The van der Waals surface area contributed by atoms with Gasteiger partial charge >= 0.3 is 0 Å². The summed E-state index contributed by atoms with van der Waals surface area (Å²) in [5.41, 5.74) is 5.21. The molecule has 1 atom stereocenters. The Bertz CT molecular complexity index is 574. The SMILES string of the molecule is CCc1nn(C)c(CC)c1CN(C)C(C)c1cccnc1. The van der Waals surface area contributed by atoms with E-state index in [1.54, 1.807) is 0 Å². The summed E-state index contributed by atoms with van der Waals surface area (Å²) < 4.78 is 2.04. The lowest BCUT2D eigenvalue weighted by Gasteiger charge is -2.25. The highest BCUT2D eigenvalue weighted by atomic mass is 15.3. The summed E-state index contributed by atoms with van der Waals surface area (Å²) in [4.78, 5) is 6.59. The molecule has 4 nitrogen and oxygen atoms in total. The Balaban J connectivity index is 2.21. The molecule has 0 amide bonds. The van der Waals surface area contributed by atoms with E-state index in [0.29, 0.717) is 6.04 Å². The molecule has 0 radical (unpaired) electrons. The van der Waals surface area contributed by atoms with E-state index >= 15 is 0 Å².